The molecule has 0 aliphatic carbocycles. The number of aliphatic hydroxyl groups is 2. The number of alkyl halides is 3. The van der Waals surface area contributed by atoms with E-state index < -0.39 is 36.1 Å². The molecule has 0 aliphatic heterocycles. The third kappa shape index (κ3) is 3.12. The first-order valence-corrected chi connectivity index (χ1v) is 4.90. The minimum Gasteiger partial charge on any atom is -0.507 e. The van der Waals surface area contributed by atoms with Crippen LogP contribution in [0.15, 0.2) is 18.2 Å². The zero-order chi connectivity index (χ0) is 13.9. The van der Waals surface area contributed by atoms with Crippen molar-refractivity contribution in [3.05, 3.63) is 29.3 Å². The molecule has 7 heteroatoms. The average molecular weight is 261 g/mol. The molecular formula is C11H10F3NO3. The zero-order valence-corrected chi connectivity index (χ0v) is 9.02. The lowest BCUT2D eigenvalue weighted by molar-refractivity contribution is -0.138. The Balaban J connectivity index is 3.10. The second-order valence-electron chi connectivity index (χ2n) is 3.65. The molecule has 98 valence electrons. The van der Waals surface area contributed by atoms with Crippen molar-refractivity contribution in [2.24, 2.45) is 0 Å². The van der Waals surface area contributed by atoms with Crippen molar-refractivity contribution < 1.29 is 28.5 Å². The summed E-state index contributed by atoms with van der Waals surface area (Å²) in [6.07, 6.45) is -8.28. The van der Waals surface area contributed by atoms with Gasteiger partial charge in [-0.15, -0.1) is 0 Å². The molecule has 0 radical (unpaired) electrons. The van der Waals surface area contributed by atoms with Gasteiger partial charge in [0.05, 0.1) is 24.2 Å². The normalized spacial score (nSPS) is 14.9. The van der Waals surface area contributed by atoms with Gasteiger partial charge in [-0.1, -0.05) is 6.07 Å². The van der Waals surface area contributed by atoms with Crippen LogP contribution in [-0.4, -0.2) is 21.4 Å². The maximum Gasteiger partial charge on any atom is 0.419 e. The summed E-state index contributed by atoms with van der Waals surface area (Å²) in [5, 5.41) is 36.3. The first kappa shape index (κ1) is 14.3. The van der Waals surface area contributed by atoms with Crippen LogP contribution in [0.1, 0.15) is 23.7 Å². The van der Waals surface area contributed by atoms with Crippen LogP contribution in [0.2, 0.25) is 0 Å². The fourth-order valence-corrected chi connectivity index (χ4v) is 1.39. The van der Waals surface area contributed by atoms with Crippen molar-refractivity contribution in [1.29, 1.82) is 5.26 Å². The van der Waals surface area contributed by atoms with Crippen LogP contribution < -0.4 is 0 Å². The highest BCUT2D eigenvalue weighted by Crippen LogP contribution is 2.37. The number of phenols is 1. The number of nitrogens with zero attached hydrogens (tertiary/aromatic N) is 1. The molecule has 1 rings (SSSR count). The second-order valence-corrected chi connectivity index (χ2v) is 3.65. The van der Waals surface area contributed by atoms with Crippen LogP contribution >= 0.6 is 0 Å². The molecule has 2 atom stereocenters. The molecule has 0 amide bonds. The zero-order valence-electron chi connectivity index (χ0n) is 9.02. The Morgan fingerprint density at radius 3 is 2.39 bits per heavy atom. The molecule has 0 saturated carbocycles. The van der Waals surface area contributed by atoms with Crippen LogP contribution in [0, 0.1) is 11.3 Å². The van der Waals surface area contributed by atoms with E-state index in [1.54, 1.807) is 6.07 Å². The molecule has 0 aliphatic rings. The molecule has 2 unspecified atom stereocenters. The Bertz CT molecular complexity index is 468. The quantitative estimate of drug-likeness (QED) is 0.773. The molecule has 0 saturated heterocycles. The maximum absolute atomic E-state index is 12.5. The molecule has 4 nitrogen and oxygen atoms in total. The Hall–Kier alpha value is -1.78. The van der Waals surface area contributed by atoms with E-state index in [0.29, 0.717) is 6.07 Å². The number of hydrogen-bond acceptors (Lipinski definition) is 4. The van der Waals surface area contributed by atoms with Gasteiger partial charge in [0.1, 0.15) is 11.9 Å². The number of benzene rings is 1. The summed E-state index contributed by atoms with van der Waals surface area (Å²) in [5.74, 6) is -0.965. The number of phenolic OH excluding ortho intramolecular Hbond substituents is 1. The molecule has 18 heavy (non-hydrogen) atoms. The van der Waals surface area contributed by atoms with Crippen LogP contribution in [0.5, 0.6) is 5.75 Å². The standard InChI is InChI=1S/C11H10F3NO3/c12-11(13,14)7-5-6(1-2-8(7)16)10(18)9(17)3-4-15/h1-2,5,9-10,16-18H,3H2. The van der Waals surface area contributed by atoms with E-state index in [9.17, 15) is 23.4 Å². The van der Waals surface area contributed by atoms with Gasteiger partial charge in [-0.05, 0) is 17.7 Å². The molecule has 0 spiro atoms. The van der Waals surface area contributed by atoms with Crippen molar-refractivity contribution in [3.8, 4) is 11.8 Å². The van der Waals surface area contributed by atoms with Crippen LogP contribution in [0.4, 0.5) is 13.2 Å². The second kappa shape index (κ2) is 5.25. The number of rotatable bonds is 3. The van der Waals surface area contributed by atoms with Crippen molar-refractivity contribution >= 4 is 0 Å². The fourth-order valence-electron chi connectivity index (χ4n) is 1.39. The lowest BCUT2D eigenvalue weighted by Crippen LogP contribution is -2.18. The SMILES string of the molecule is N#CCC(O)C(O)c1ccc(O)c(C(F)(F)F)c1. The molecule has 1 aromatic carbocycles. The summed E-state index contributed by atoms with van der Waals surface area (Å²) in [5.41, 5.74) is -1.52. The Morgan fingerprint density at radius 2 is 1.89 bits per heavy atom. The van der Waals surface area contributed by atoms with Crippen molar-refractivity contribution in [1.82, 2.24) is 0 Å². The summed E-state index contributed by atoms with van der Waals surface area (Å²) < 4.78 is 37.5. The minimum atomic E-state index is -4.76. The van der Waals surface area contributed by atoms with E-state index in [0.717, 1.165) is 12.1 Å². The first-order valence-electron chi connectivity index (χ1n) is 4.90. The predicted octanol–water partition coefficient (Wildman–Crippen LogP) is 1.72. The average Bonchev–Trinajstić information content (AvgIpc) is 2.27. The number of halogens is 3. The van der Waals surface area contributed by atoms with E-state index in [-0.39, 0.29) is 5.56 Å². The number of hydrogen-bond donors (Lipinski definition) is 3. The molecule has 0 fully saturated rings. The third-order valence-electron chi connectivity index (χ3n) is 2.33. The first-order chi connectivity index (χ1) is 8.27. The fraction of sp³-hybridized carbons (Fsp3) is 0.364. The number of aliphatic hydroxyl groups excluding tert-OH is 2. The van der Waals surface area contributed by atoms with Gasteiger partial charge in [0.2, 0.25) is 0 Å². The van der Waals surface area contributed by atoms with E-state index in [4.69, 9.17) is 10.4 Å². The van der Waals surface area contributed by atoms with Gasteiger partial charge in [0.25, 0.3) is 0 Å². The highest BCUT2D eigenvalue weighted by molar-refractivity contribution is 5.39. The topological polar surface area (TPSA) is 84.5 Å². The molecule has 0 bridgehead atoms. The molecule has 3 N–H and O–H groups in total. The van der Waals surface area contributed by atoms with Crippen molar-refractivity contribution in [2.75, 3.05) is 0 Å². The molecule has 0 aromatic heterocycles. The van der Waals surface area contributed by atoms with E-state index in [2.05, 4.69) is 0 Å². The third-order valence-corrected chi connectivity index (χ3v) is 2.33. The Kier molecular flexibility index (Phi) is 4.16. The monoisotopic (exact) mass is 261 g/mol. The van der Waals surface area contributed by atoms with Gasteiger partial charge < -0.3 is 15.3 Å². The molecular weight excluding hydrogens is 251 g/mol. The molecule has 0 heterocycles. The van der Waals surface area contributed by atoms with Crippen molar-refractivity contribution in [3.63, 3.8) is 0 Å². The molecule has 1 aromatic rings. The van der Waals surface area contributed by atoms with Gasteiger partial charge in [-0.3, -0.25) is 0 Å². The Morgan fingerprint density at radius 1 is 1.28 bits per heavy atom. The van der Waals surface area contributed by atoms with E-state index >= 15 is 0 Å². The Labute approximate surface area is 101 Å². The highest BCUT2D eigenvalue weighted by atomic mass is 19.4. The summed E-state index contributed by atoms with van der Waals surface area (Å²) in [6.45, 7) is 0. The van der Waals surface area contributed by atoms with Crippen LogP contribution in [0.3, 0.4) is 0 Å². The summed E-state index contributed by atoms with van der Waals surface area (Å²) in [6, 6.07) is 3.96. The lowest BCUT2D eigenvalue weighted by Gasteiger charge is -2.17. The summed E-state index contributed by atoms with van der Waals surface area (Å²) in [7, 11) is 0. The minimum absolute atomic E-state index is 0.220. The largest absolute Gasteiger partial charge is 0.507 e. The summed E-state index contributed by atoms with van der Waals surface area (Å²) in [4.78, 5) is 0. The maximum atomic E-state index is 12.5. The van der Waals surface area contributed by atoms with Gasteiger partial charge in [0.15, 0.2) is 0 Å². The highest BCUT2D eigenvalue weighted by Gasteiger charge is 2.34. The van der Waals surface area contributed by atoms with Crippen LogP contribution in [-0.2, 0) is 6.18 Å². The number of aromatic hydroxyl groups is 1. The van der Waals surface area contributed by atoms with Crippen LogP contribution in [0.25, 0.3) is 0 Å². The van der Waals surface area contributed by atoms with Gasteiger partial charge in [-0.25, -0.2) is 0 Å². The van der Waals surface area contributed by atoms with Crippen molar-refractivity contribution in [2.45, 2.75) is 24.8 Å². The number of nitriles is 1. The van der Waals surface area contributed by atoms with Gasteiger partial charge >= 0.3 is 6.18 Å². The van der Waals surface area contributed by atoms with E-state index in [1.165, 1.54) is 0 Å². The van der Waals surface area contributed by atoms with Gasteiger partial charge in [0, 0.05) is 0 Å². The predicted molar refractivity (Wildman–Crippen MR) is 54.3 cm³/mol. The smallest absolute Gasteiger partial charge is 0.419 e. The lowest BCUT2D eigenvalue weighted by atomic mass is 10.00. The summed E-state index contributed by atoms with van der Waals surface area (Å²) >= 11 is 0. The van der Waals surface area contributed by atoms with Gasteiger partial charge in [-0.2, -0.15) is 18.4 Å². The van der Waals surface area contributed by atoms with E-state index in [1.807, 2.05) is 0 Å².